The number of likely N-dealkylation sites (tertiary alicyclic amines) is 1. The molecule has 5 nitrogen and oxygen atoms in total. The molecule has 0 aliphatic carbocycles. The molecule has 110 valence electrons. The lowest BCUT2D eigenvalue weighted by Crippen LogP contribution is -2.39. The Hall–Kier alpha value is -1.10. The van der Waals surface area contributed by atoms with Gasteiger partial charge in [-0.2, -0.15) is 0 Å². The Morgan fingerprint density at radius 3 is 2.53 bits per heavy atom. The van der Waals surface area contributed by atoms with Gasteiger partial charge in [-0.05, 0) is 40.7 Å². The van der Waals surface area contributed by atoms with Crippen LogP contribution in [0.25, 0.3) is 0 Å². The van der Waals surface area contributed by atoms with Crippen LogP contribution in [0.1, 0.15) is 40.5 Å². The number of ether oxygens (including phenoxy) is 1. The van der Waals surface area contributed by atoms with Gasteiger partial charge in [0.2, 0.25) is 5.91 Å². The van der Waals surface area contributed by atoms with Crippen molar-refractivity contribution in [3.8, 4) is 0 Å². The van der Waals surface area contributed by atoms with Crippen molar-refractivity contribution in [2.24, 2.45) is 5.41 Å². The van der Waals surface area contributed by atoms with Gasteiger partial charge in [0.1, 0.15) is 5.60 Å². The van der Waals surface area contributed by atoms with Crippen LogP contribution in [0.3, 0.4) is 0 Å². The van der Waals surface area contributed by atoms with E-state index in [1.165, 1.54) is 0 Å². The lowest BCUT2D eigenvalue weighted by atomic mass is 9.89. The number of hydrogen-bond donors (Lipinski definition) is 1. The Morgan fingerprint density at radius 2 is 2.00 bits per heavy atom. The number of rotatable bonds is 4. The topological polar surface area (TPSA) is 58.6 Å². The highest BCUT2D eigenvalue weighted by molar-refractivity contribution is 5.82. The monoisotopic (exact) mass is 270 g/mol. The van der Waals surface area contributed by atoms with Crippen molar-refractivity contribution in [3.05, 3.63) is 0 Å². The summed E-state index contributed by atoms with van der Waals surface area (Å²) in [7, 11) is 1.66. The third kappa shape index (κ3) is 4.82. The average Bonchev–Trinajstić information content (AvgIpc) is 2.66. The van der Waals surface area contributed by atoms with Gasteiger partial charge in [-0.15, -0.1) is 0 Å². The quantitative estimate of drug-likeness (QED) is 0.779. The van der Waals surface area contributed by atoms with Crippen molar-refractivity contribution in [1.29, 1.82) is 0 Å². The number of esters is 1. The second-order valence-corrected chi connectivity index (χ2v) is 6.50. The SMILES string of the molecule is CNC(=O)C1(C)CCN(CCC(=O)OC(C)(C)C)C1. The Morgan fingerprint density at radius 1 is 1.37 bits per heavy atom. The first-order valence-electron chi connectivity index (χ1n) is 6.83. The molecule has 0 aromatic rings. The van der Waals surface area contributed by atoms with Crippen LogP contribution in [0.15, 0.2) is 0 Å². The summed E-state index contributed by atoms with van der Waals surface area (Å²) < 4.78 is 5.27. The third-order valence-corrected chi connectivity index (χ3v) is 3.38. The lowest BCUT2D eigenvalue weighted by molar-refractivity contribution is -0.155. The van der Waals surface area contributed by atoms with Crippen LogP contribution < -0.4 is 5.32 Å². The lowest BCUT2D eigenvalue weighted by Gasteiger charge is -2.23. The number of amides is 1. The van der Waals surface area contributed by atoms with Crippen LogP contribution in [0.5, 0.6) is 0 Å². The van der Waals surface area contributed by atoms with Crippen molar-refractivity contribution in [2.75, 3.05) is 26.7 Å². The van der Waals surface area contributed by atoms with E-state index in [1.807, 2.05) is 27.7 Å². The van der Waals surface area contributed by atoms with Crippen molar-refractivity contribution in [3.63, 3.8) is 0 Å². The van der Waals surface area contributed by atoms with E-state index in [1.54, 1.807) is 7.05 Å². The first-order chi connectivity index (χ1) is 8.66. The number of nitrogens with one attached hydrogen (secondary N) is 1. The Balaban J connectivity index is 2.37. The fourth-order valence-electron chi connectivity index (χ4n) is 2.38. The molecule has 19 heavy (non-hydrogen) atoms. The van der Waals surface area contributed by atoms with Gasteiger partial charge in [0, 0.05) is 20.1 Å². The standard InChI is InChI=1S/C14H26N2O3/c1-13(2,3)19-11(17)6-8-16-9-7-14(4,10-16)12(18)15-5/h6-10H2,1-5H3,(H,15,18). The minimum atomic E-state index is -0.432. The molecule has 1 atom stereocenters. The molecule has 1 heterocycles. The van der Waals surface area contributed by atoms with Crippen LogP contribution in [0.2, 0.25) is 0 Å². The first kappa shape index (κ1) is 16.0. The van der Waals surface area contributed by atoms with E-state index in [0.717, 1.165) is 13.0 Å². The predicted molar refractivity (Wildman–Crippen MR) is 73.7 cm³/mol. The van der Waals surface area contributed by atoms with E-state index in [9.17, 15) is 9.59 Å². The molecule has 0 saturated carbocycles. The summed E-state index contributed by atoms with van der Waals surface area (Å²) in [6, 6.07) is 0. The minimum Gasteiger partial charge on any atom is -0.460 e. The van der Waals surface area contributed by atoms with Gasteiger partial charge in [-0.1, -0.05) is 0 Å². The van der Waals surface area contributed by atoms with Crippen LogP contribution >= 0.6 is 0 Å². The largest absolute Gasteiger partial charge is 0.460 e. The number of carbonyl (C=O) groups excluding carboxylic acids is 2. The van der Waals surface area contributed by atoms with Crippen molar-refractivity contribution in [1.82, 2.24) is 10.2 Å². The molecular weight excluding hydrogens is 244 g/mol. The molecule has 1 rings (SSSR count). The van der Waals surface area contributed by atoms with E-state index in [-0.39, 0.29) is 17.3 Å². The van der Waals surface area contributed by atoms with Crippen LogP contribution in [-0.4, -0.2) is 49.1 Å². The van der Waals surface area contributed by atoms with E-state index in [4.69, 9.17) is 4.74 Å². The van der Waals surface area contributed by atoms with Gasteiger partial charge in [0.05, 0.1) is 11.8 Å². The normalized spacial score (nSPS) is 24.3. The molecule has 1 saturated heterocycles. The highest BCUT2D eigenvalue weighted by Gasteiger charge is 2.39. The zero-order chi connectivity index (χ0) is 14.7. The van der Waals surface area contributed by atoms with E-state index in [2.05, 4.69) is 10.2 Å². The summed E-state index contributed by atoms with van der Waals surface area (Å²) in [6.45, 7) is 9.78. The second-order valence-electron chi connectivity index (χ2n) is 6.50. The number of hydrogen-bond acceptors (Lipinski definition) is 4. The first-order valence-corrected chi connectivity index (χ1v) is 6.83. The van der Waals surface area contributed by atoms with Gasteiger partial charge >= 0.3 is 5.97 Å². The fourth-order valence-corrected chi connectivity index (χ4v) is 2.38. The maximum absolute atomic E-state index is 11.8. The molecule has 1 amide bonds. The molecule has 0 aromatic carbocycles. The molecular formula is C14H26N2O3. The highest BCUT2D eigenvalue weighted by atomic mass is 16.6. The molecule has 1 unspecified atom stereocenters. The highest BCUT2D eigenvalue weighted by Crippen LogP contribution is 2.30. The molecule has 0 radical (unpaired) electrons. The third-order valence-electron chi connectivity index (χ3n) is 3.38. The van der Waals surface area contributed by atoms with Crippen molar-refractivity contribution in [2.45, 2.75) is 46.1 Å². The smallest absolute Gasteiger partial charge is 0.307 e. The molecule has 0 spiro atoms. The summed E-state index contributed by atoms with van der Waals surface area (Å²) >= 11 is 0. The van der Waals surface area contributed by atoms with E-state index >= 15 is 0 Å². The van der Waals surface area contributed by atoms with Gasteiger partial charge < -0.3 is 15.0 Å². The zero-order valence-electron chi connectivity index (χ0n) is 12.7. The van der Waals surface area contributed by atoms with E-state index in [0.29, 0.717) is 19.5 Å². The molecule has 0 aromatic heterocycles. The summed E-state index contributed by atoms with van der Waals surface area (Å²) in [6.07, 6.45) is 1.21. The minimum absolute atomic E-state index is 0.0762. The Kier molecular flexibility index (Phi) is 4.96. The van der Waals surface area contributed by atoms with Gasteiger partial charge in [-0.25, -0.2) is 0 Å². The van der Waals surface area contributed by atoms with Crippen LogP contribution in [0.4, 0.5) is 0 Å². The molecule has 5 heteroatoms. The molecule has 1 aliphatic rings. The zero-order valence-corrected chi connectivity index (χ0v) is 12.7. The van der Waals surface area contributed by atoms with Gasteiger partial charge in [-0.3, -0.25) is 9.59 Å². The summed E-state index contributed by atoms with van der Waals surface area (Å²) in [4.78, 5) is 25.6. The van der Waals surface area contributed by atoms with Crippen LogP contribution in [0, 0.1) is 5.41 Å². The molecule has 1 aliphatic heterocycles. The van der Waals surface area contributed by atoms with Gasteiger partial charge in [0.25, 0.3) is 0 Å². The average molecular weight is 270 g/mol. The Bertz CT molecular complexity index is 349. The van der Waals surface area contributed by atoms with Crippen molar-refractivity contribution < 1.29 is 14.3 Å². The van der Waals surface area contributed by atoms with Crippen molar-refractivity contribution >= 4 is 11.9 Å². The fraction of sp³-hybridized carbons (Fsp3) is 0.857. The number of carbonyl (C=O) groups is 2. The molecule has 1 fully saturated rings. The van der Waals surface area contributed by atoms with Gasteiger partial charge in [0.15, 0.2) is 0 Å². The molecule has 0 bridgehead atoms. The summed E-state index contributed by atoms with van der Waals surface area (Å²) in [5.74, 6) is -0.103. The summed E-state index contributed by atoms with van der Waals surface area (Å²) in [5, 5.41) is 2.71. The van der Waals surface area contributed by atoms with Crippen LogP contribution in [-0.2, 0) is 14.3 Å². The maximum Gasteiger partial charge on any atom is 0.307 e. The second kappa shape index (κ2) is 5.90. The van der Waals surface area contributed by atoms with E-state index < -0.39 is 5.60 Å². The Labute approximate surface area is 115 Å². The predicted octanol–water partition coefficient (Wildman–Crippen LogP) is 1.18. The number of nitrogens with zero attached hydrogens (tertiary/aromatic N) is 1. The molecule has 1 N–H and O–H groups in total. The maximum atomic E-state index is 11.8. The summed E-state index contributed by atoms with van der Waals surface area (Å²) in [5.41, 5.74) is -0.763.